The van der Waals surface area contributed by atoms with E-state index < -0.39 is 0 Å². The van der Waals surface area contributed by atoms with Crippen LogP contribution in [0, 0.1) is 5.92 Å². The number of aryl methyl sites for hydroxylation is 1. The first kappa shape index (κ1) is 14.2. The average Bonchev–Trinajstić information content (AvgIpc) is 2.30. The fourth-order valence-corrected chi connectivity index (χ4v) is 2.67. The van der Waals surface area contributed by atoms with Crippen LogP contribution in [0.1, 0.15) is 57.1 Å². The second-order valence-corrected chi connectivity index (χ2v) is 5.23. The maximum absolute atomic E-state index is 7.57. The summed E-state index contributed by atoms with van der Waals surface area (Å²) < 4.78 is 0. The SMILES string of the molecule is CC(C)CC1CCCc2ccccc21.CCO. The van der Waals surface area contributed by atoms with E-state index in [2.05, 4.69) is 38.1 Å². The van der Waals surface area contributed by atoms with Crippen molar-refractivity contribution >= 4 is 0 Å². The Balaban J connectivity index is 0.000000437. The van der Waals surface area contributed by atoms with Crippen molar-refractivity contribution < 1.29 is 5.11 Å². The summed E-state index contributed by atoms with van der Waals surface area (Å²) in [6.07, 6.45) is 5.44. The minimum atomic E-state index is 0.250. The van der Waals surface area contributed by atoms with E-state index in [1.165, 1.54) is 25.7 Å². The van der Waals surface area contributed by atoms with Gasteiger partial charge < -0.3 is 5.11 Å². The molecule has 1 unspecified atom stereocenters. The van der Waals surface area contributed by atoms with Gasteiger partial charge in [-0.05, 0) is 55.6 Å². The van der Waals surface area contributed by atoms with Gasteiger partial charge in [0.05, 0.1) is 0 Å². The van der Waals surface area contributed by atoms with Gasteiger partial charge in [0.1, 0.15) is 0 Å². The maximum atomic E-state index is 7.57. The van der Waals surface area contributed by atoms with Crippen molar-refractivity contribution in [2.24, 2.45) is 5.92 Å². The zero-order chi connectivity index (χ0) is 12.7. The molecular weight excluding hydrogens is 208 g/mol. The molecule has 0 spiro atoms. The standard InChI is InChI=1S/C14H20.C2H6O/c1-11(2)10-13-8-5-7-12-6-3-4-9-14(12)13;1-2-3/h3-4,6,9,11,13H,5,7-8,10H2,1-2H3;3H,2H2,1H3. The molecule has 0 saturated heterocycles. The van der Waals surface area contributed by atoms with Gasteiger partial charge in [-0.15, -0.1) is 0 Å². The lowest BCUT2D eigenvalue weighted by Gasteiger charge is -2.26. The van der Waals surface area contributed by atoms with Gasteiger partial charge in [-0.3, -0.25) is 0 Å². The molecule has 1 aliphatic rings. The van der Waals surface area contributed by atoms with Crippen LogP contribution < -0.4 is 0 Å². The molecule has 0 bridgehead atoms. The minimum Gasteiger partial charge on any atom is -0.397 e. The molecule has 96 valence electrons. The summed E-state index contributed by atoms with van der Waals surface area (Å²) in [5, 5.41) is 7.57. The molecule has 0 aliphatic heterocycles. The highest BCUT2D eigenvalue weighted by Gasteiger charge is 2.19. The van der Waals surface area contributed by atoms with Crippen LogP contribution in [0.3, 0.4) is 0 Å². The fraction of sp³-hybridized carbons (Fsp3) is 0.625. The van der Waals surface area contributed by atoms with Gasteiger partial charge in [0.2, 0.25) is 0 Å². The number of aliphatic hydroxyl groups is 1. The van der Waals surface area contributed by atoms with Gasteiger partial charge in [-0.25, -0.2) is 0 Å². The van der Waals surface area contributed by atoms with Gasteiger partial charge in [-0.2, -0.15) is 0 Å². The van der Waals surface area contributed by atoms with Crippen LogP contribution in [0.4, 0.5) is 0 Å². The summed E-state index contributed by atoms with van der Waals surface area (Å²) in [7, 11) is 0. The second-order valence-electron chi connectivity index (χ2n) is 5.23. The molecule has 0 heterocycles. The first-order valence-electron chi connectivity index (χ1n) is 6.87. The van der Waals surface area contributed by atoms with E-state index in [0.717, 1.165) is 11.8 Å². The van der Waals surface area contributed by atoms with Crippen molar-refractivity contribution in [3.05, 3.63) is 35.4 Å². The number of fused-ring (bicyclic) bond motifs is 1. The Hall–Kier alpha value is -0.820. The molecule has 1 atom stereocenters. The molecule has 1 heteroatoms. The van der Waals surface area contributed by atoms with Crippen LogP contribution >= 0.6 is 0 Å². The summed E-state index contributed by atoms with van der Waals surface area (Å²) in [5.41, 5.74) is 3.23. The highest BCUT2D eigenvalue weighted by Crippen LogP contribution is 2.35. The van der Waals surface area contributed by atoms with Crippen molar-refractivity contribution in [1.29, 1.82) is 0 Å². The smallest absolute Gasteiger partial charge is 0.0402 e. The minimum absolute atomic E-state index is 0.250. The van der Waals surface area contributed by atoms with Crippen LogP contribution in [0.2, 0.25) is 0 Å². The Kier molecular flexibility index (Phi) is 6.28. The third-order valence-electron chi connectivity index (χ3n) is 3.25. The predicted molar refractivity (Wildman–Crippen MR) is 74.3 cm³/mol. The fourth-order valence-electron chi connectivity index (χ4n) is 2.67. The van der Waals surface area contributed by atoms with Crippen LogP contribution in [0.5, 0.6) is 0 Å². The molecule has 0 saturated carbocycles. The summed E-state index contributed by atoms with van der Waals surface area (Å²) in [4.78, 5) is 0. The van der Waals surface area contributed by atoms with E-state index in [-0.39, 0.29) is 6.61 Å². The van der Waals surface area contributed by atoms with Crippen molar-refractivity contribution in [2.75, 3.05) is 6.61 Å². The quantitative estimate of drug-likeness (QED) is 0.815. The molecule has 1 nitrogen and oxygen atoms in total. The van der Waals surface area contributed by atoms with Crippen molar-refractivity contribution in [3.8, 4) is 0 Å². The predicted octanol–water partition coefficient (Wildman–Crippen LogP) is 4.15. The van der Waals surface area contributed by atoms with Crippen LogP contribution in [0.25, 0.3) is 0 Å². The molecule has 2 rings (SSSR count). The Morgan fingerprint density at radius 3 is 2.59 bits per heavy atom. The third-order valence-corrected chi connectivity index (χ3v) is 3.25. The highest BCUT2D eigenvalue weighted by molar-refractivity contribution is 5.32. The normalized spacial score (nSPS) is 18.3. The summed E-state index contributed by atoms with van der Waals surface area (Å²) in [6, 6.07) is 9.01. The number of hydrogen-bond acceptors (Lipinski definition) is 1. The number of rotatable bonds is 2. The topological polar surface area (TPSA) is 20.2 Å². The lowest BCUT2D eigenvalue weighted by molar-refractivity contribution is 0.318. The molecule has 1 N–H and O–H groups in total. The molecule has 0 radical (unpaired) electrons. The van der Waals surface area contributed by atoms with Crippen molar-refractivity contribution in [3.63, 3.8) is 0 Å². The van der Waals surface area contributed by atoms with Gasteiger partial charge in [0.25, 0.3) is 0 Å². The van der Waals surface area contributed by atoms with E-state index in [0.29, 0.717) is 0 Å². The van der Waals surface area contributed by atoms with E-state index >= 15 is 0 Å². The van der Waals surface area contributed by atoms with E-state index in [9.17, 15) is 0 Å². The molecule has 17 heavy (non-hydrogen) atoms. The Labute approximate surface area is 106 Å². The second kappa shape index (κ2) is 7.50. The molecule has 1 aromatic carbocycles. The summed E-state index contributed by atoms with van der Waals surface area (Å²) in [5.74, 6) is 1.66. The number of hydrogen-bond donors (Lipinski definition) is 1. The molecule has 1 aliphatic carbocycles. The first-order chi connectivity index (χ1) is 8.19. The Bertz CT molecular complexity index is 317. The van der Waals surface area contributed by atoms with Gasteiger partial charge in [0, 0.05) is 6.61 Å². The molecule has 1 aromatic rings. The zero-order valence-corrected chi connectivity index (χ0v) is 11.4. The van der Waals surface area contributed by atoms with Gasteiger partial charge in [-0.1, -0.05) is 38.1 Å². The summed E-state index contributed by atoms with van der Waals surface area (Å²) in [6.45, 7) is 6.59. The van der Waals surface area contributed by atoms with E-state index in [1.54, 1.807) is 18.1 Å². The first-order valence-corrected chi connectivity index (χ1v) is 6.87. The number of aliphatic hydroxyl groups excluding tert-OH is 1. The molecule has 0 fully saturated rings. The van der Waals surface area contributed by atoms with Crippen molar-refractivity contribution in [1.82, 2.24) is 0 Å². The average molecular weight is 234 g/mol. The largest absolute Gasteiger partial charge is 0.397 e. The molecular formula is C16H26O. The zero-order valence-electron chi connectivity index (χ0n) is 11.4. The Morgan fingerprint density at radius 1 is 1.29 bits per heavy atom. The van der Waals surface area contributed by atoms with Crippen molar-refractivity contribution in [2.45, 2.75) is 52.4 Å². The monoisotopic (exact) mass is 234 g/mol. The van der Waals surface area contributed by atoms with E-state index in [1.807, 2.05) is 0 Å². The Morgan fingerprint density at radius 2 is 1.94 bits per heavy atom. The van der Waals surface area contributed by atoms with Gasteiger partial charge in [0.15, 0.2) is 0 Å². The van der Waals surface area contributed by atoms with Crippen LogP contribution in [0.15, 0.2) is 24.3 Å². The van der Waals surface area contributed by atoms with Crippen LogP contribution in [-0.2, 0) is 6.42 Å². The highest BCUT2D eigenvalue weighted by atomic mass is 16.2. The third kappa shape index (κ3) is 4.51. The summed E-state index contributed by atoms with van der Waals surface area (Å²) >= 11 is 0. The number of benzene rings is 1. The lowest BCUT2D eigenvalue weighted by Crippen LogP contribution is -2.11. The molecule has 0 aromatic heterocycles. The van der Waals surface area contributed by atoms with Crippen LogP contribution in [-0.4, -0.2) is 11.7 Å². The molecule has 0 amide bonds. The lowest BCUT2D eigenvalue weighted by atomic mass is 9.79. The van der Waals surface area contributed by atoms with Gasteiger partial charge >= 0.3 is 0 Å². The maximum Gasteiger partial charge on any atom is 0.0402 e. The van der Waals surface area contributed by atoms with E-state index in [4.69, 9.17) is 5.11 Å².